The minimum Gasteiger partial charge on any atom is -0.472 e. The van der Waals surface area contributed by atoms with E-state index in [9.17, 15) is 9.59 Å². The minimum atomic E-state index is -0.225. The molecule has 3 aromatic rings. The van der Waals surface area contributed by atoms with E-state index in [2.05, 4.69) is 5.32 Å². The number of benzene rings is 1. The molecule has 5 nitrogen and oxygen atoms in total. The molecule has 116 valence electrons. The van der Waals surface area contributed by atoms with E-state index in [0.29, 0.717) is 11.3 Å². The Morgan fingerprint density at radius 3 is 2.74 bits per heavy atom. The number of rotatable bonds is 3. The van der Waals surface area contributed by atoms with Crippen molar-refractivity contribution >= 4 is 11.6 Å². The van der Waals surface area contributed by atoms with Gasteiger partial charge in [-0.1, -0.05) is 12.1 Å². The molecule has 0 unspecified atom stereocenters. The summed E-state index contributed by atoms with van der Waals surface area (Å²) >= 11 is 0. The van der Waals surface area contributed by atoms with Crippen LogP contribution in [0.3, 0.4) is 0 Å². The second-order valence-corrected chi connectivity index (χ2v) is 5.37. The van der Waals surface area contributed by atoms with Gasteiger partial charge >= 0.3 is 0 Å². The lowest BCUT2D eigenvalue weighted by atomic mass is 10.1. The lowest BCUT2D eigenvalue weighted by Crippen LogP contribution is -2.19. The number of nitrogens with one attached hydrogen (secondary N) is 1. The van der Waals surface area contributed by atoms with Crippen molar-refractivity contribution in [2.45, 2.75) is 6.92 Å². The molecular formula is C18H16N2O3. The van der Waals surface area contributed by atoms with E-state index in [4.69, 9.17) is 4.42 Å². The number of hydrogen-bond acceptors (Lipinski definition) is 3. The highest BCUT2D eigenvalue weighted by Gasteiger charge is 2.10. The normalized spacial score (nSPS) is 10.5. The number of anilines is 1. The van der Waals surface area contributed by atoms with Gasteiger partial charge in [-0.25, -0.2) is 0 Å². The fourth-order valence-corrected chi connectivity index (χ4v) is 2.32. The average Bonchev–Trinajstić information content (AvgIpc) is 3.07. The molecule has 0 radical (unpaired) electrons. The van der Waals surface area contributed by atoms with Crippen LogP contribution in [0.4, 0.5) is 5.69 Å². The van der Waals surface area contributed by atoms with Crippen LogP contribution in [0.15, 0.2) is 64.3 Å². The zero-order chi connectivity index (χ0) is 16.4. The Balaban J connectivity index is 1.88. The maximum Gasteiger partial charge on any atom is 0.255 e. The molecule has 0 bridgehead atoms. The molecule has 0 saturated heterocycles. The Hall–Kier alpha value is -3.08. The number of carbonyl (C=O) groups excluding carboxylic acids is 1. The number of carbonyl (C=O) groups is 1. The summed E-state index contributed by atoms with van der Waals surface area (Å²) in [6, 6.07) is 10.6. The standard InChI is InChI=1S/C18H16N2O3/c1-12-8-17(21)20(2)10-16(12)19-18(22)14-5-3-4-13(9-14)15-6-7-23-11-15/h3-11H,1-2H3,(H,19,22). The van der Waals surface area contributed by atoms with Gasteiger partial charge in [0.1, 0.15) is 0 Å². The Labute approximate surface area is 133 Å². The molecule has 0 aliphatic rings. The van der Waals surface area contributed by atoms with Gasteiger partial charge in [0.05, 0.1) is 18.2 Å². The number of amides is 1. The predicted molar refractivity (Wildman–Crippen MR) is 88.5 cm³/mol. The largest absolute Gasteiger partial charge is 0.472 e. The highest BCUT2D eigenvalue weighted by molar-refractivity contribution is 6.05. The second kappa shape index (κ2) is 5.96. The fraction of sp³-hybridized carbons (Fsp3) is 0.111. The van der Waals surface area contributed by atoms with Gasteiger partial charge < -0.3 is 14.3 Å². The third-order valence-corrected chi connectivity index (χ3v) is 3.66. The maximum atomic E-state index is 12.5. The van der Waals surface area contributed by atoms with Crippen molar-refractivity contribution in [3.8, 4) is 11.1 Å². The van der Waals surface area contributed by atoms with Crippen molar-refractivity contribution in [3.05, 3.63) is 76.6 Å². The minimum absolute atomic E-state index is 0.109. The topological polar surface area (TPSA) is 64.2 Å². The molecule has 2 heterocycles. The molecule has 2 aromatic heterocycles. The smallest absolute Gasteiger partial charge is 0.255 e. The summed E-state index contributed by atoms with van der Waals surface area (Å²) in [6.45, 7) is 1.79. The van der Waals surface area contributed by atoms with E-state index in [-0.39, 0.29) is 11.5 Å². The van der Waals surface area contributed by atoms with Crippen molar-refractivity contribution < 1.29 is 9.21 Å². The first-order valence-electron chi connectivity index (χ1n) is 7.16. The van der Waals surface area contributed by atoms with Crippen molar-refractivity contribution in [1.82, 2.24) is 4.57 Å². The lowest BCUT2D eigenvalue weighted by Gasteiger charge is -2.10. The molecule has 3 rings (SSSR count). The van der Waals surface area contributed by atoms with Gasteiger partial charge in [-0.15, -0.1) is 0 Å². The van der Waals surface area contributed by atoms with Crippen LogP contribution in [-0.4, -0.2) is 10.5 Å². The van der Waals surface area contributed by atoms with Crippen LogP contribution >= 0.6 is 0 Å². The molecule has 0 aliphatic carbocycles. The van der Waals surface area contributed by atoms with Crippen molar-refractivity contribution in [3.63, 3.8) is 0 Å². The van der Waals surface area contributed by atoms with Gasteiger partial charge in [0, 0.05) is 30.4 Å². The zero-order valence-corrected chi connectivity index (χ0v) is 12.9. The Bertz CT molecular complexity index is 908. The van der Waals surface area contributed by atoms with Crippen LogP contribution in [0.25, 0.3) is 11.1 Å². The predicted octanol–water partition coefficient (Wildman–Crippen LogP) is 3.21. The number of furan rings is 1. The maximum absolute atomic E-state index is 12.5. The number of aryl methyl sites for hydroxylation is 2. The van der Waals surface area contributed by atoms with E-state index in [1.54, 1.807) is 44.8 Å². The van der Waals surface area contributed by atoms with E-state index >= 15 is 0 Å². The summed E-state index contributed by atoms with van der Waals surface area (Å²) < 4.78 is 6.51. The van der Waals surface area contributed by atoms with Crippen LogP contribution < -0.4 is 10.9 Å². The first-order chi connectivity index (χ1) is 11.0. The summed E-state index contributed by atoms with van der Waals surface area (Å²) in [5.74, 6) is -0.225. The Morgan fingerprint density at radius 2 is 2.00 bits per heavy atom. The van der Waals surface area contributed by atoms with E-state index in [0.717, 1.165) is 16.7 Å². The summed E-state index contributed by atoms with van der Waals surface area (Å²) in [4.78, 5) is 24.0. The van der Waals surface area contributed by atoms with Crippen LogP contribution in [-0.2, 0) is 7.05 Å². The van der Waals surface area contributed by atoms with E-state index in [1.807, 2.05) is 18.2 Å². The average molecular weight is 308 g/mol. The number of pyridine rings is 1. The monoisotopic (exact) mass is 308 g/mol. The van der Waals surface area contributed by atoms with Crippen molar-refractivity contribution in [2.75, 3.05) is 5.32 Å². The third-order valence-electron chi connectivity index (χ3n) is 3.66. The molecule has 0 spiro atoms. The molecule has 1 amide bonds. The molecule has 23 heavy (non-hydrogen) atoms. The summed E-state index contributed by atoms with van der Waals surface area (Å²) in [6.07, 6.45) is 4.85. The quantitative estimate of drug-likeness (QED) is 0.808. The van der Waals surface area contributed by atoms with Crippen LogP contribution in [0, 0.1) is 6.92 Å². The van der Waals surface area contributed by atoms with Gasteiger partial charge in [0.2, 0.25) is 0 Å². The lowest BCUT2D eigenvalue weighted by molar-refractivity contribution is 0.102. The molecule has 0 aliphatic heterocycles. The number of nitrogens with zero attached hydrogens (tertiary/aromatic N) is 1. The van der Waals surface area contributed by atoms with Crippen molar-refractivity contribution in [2.24, 2.45) is 7.05 Å². The third kappa shape index (κ3) is 3.08. The van der Waals surface area contributed by atoms with Gasteiger partial charge in [0.25, 0.3) is 11.5 Å². The van der Waals surface area contributed by atoms with Crippen LogP contribution in [0.1, 0.15) is 15.9 Å². The van der Waals surface area contributed by atoms with Gasteiger partial charge in [-0.05, 0) is 36.2 Å². The highest BCUT2D eigenvalue weighted by Crippen LogP contribution is 2.21. The molecule has 1 aromatic carbocycles. The number of hydrogen-bond donors (Lipinski definition) is 1. The van der Waals surface area contributed by atoms with Gasteiger partial charge in [0.15, 0.2) is 0 Å². The second-order valence-electron chi connectivity index (χ2n) is 5.37. The molecule has 5 heteroatoms. The SMILES string of the molecule is Cc1cc(=O)n(C)cc1NC(=O)c1cccc(-c2ccoc2)c1. The molecule has 0 saturated carbocycles. The highest BCUT2D eigenvalue weighted by atomic mass is 16.3. The Kier molecular flexibility index (Phi) is 3.85. The van der Waals surface area contributed by atoms with E-state index in [1.165, 1.54) is 10.6 Å². The molecule has 0 fully saturated rings. The first-order valence-corrected chi connectivity index (χ1v) is 7.16. The van der Waals surface area contributed by atoms with E-state index < -0.39 is 0 Å². The summed E-state index contributed by atoms with van der Waals surface area (Å²) in [5.41, 5.74) is 3.60. The number of aromatic nitrogens is 1. The van der Waals surface area contributed by atoms with Crippen LogP contribution in [0.5, 0.6) is 0 Å². The zero-order valence-electron chi connectivity index (χ0n) is 12.9. The molecule has 0 atom stereocenters. The molecule has 1 N–H and O–H groups in total. The van der Waals surface area contributed by atoms with Gasteiger partial charge in [-0.2, -0.15) is 0 Å². The first kappa shape index (κ1) is 14.8. The van der Waals surface area contributed by atoms with Crippen molar-refractivity contribution in [1.29, 1.82) is 0 Å². The summed E-state index contributed by atoms with van der Waals surface area (Å²) in [7, 11) is 1.65. The van der Waals surface area contributed by atoms with Crippen LogP contribution in [0.2, 0.25) is 0 Å². The molecular weight excluding hydrogens is 292 g/mol. The summed E-state index contributed by atoms with van der Waals surface area (Å²) in [5, 5.41) is 2.84. The fourth-order valence-electron chi connectivity index (χ4n) is 2.32. The Morgan fingerprint density at radius 1 is 1.17 bits per heavy atom. The van der Waals surface area contributed by atoms with Gasteiger partial charge in [-0.3, -0.25) is 9.59 Å².